The zero-order valence-electron chi connectivity index (χ0n) is 10.4. The van der Waals surface area contributed by atoms with Crippen LogP contribution in [0.15, 0.2) is 0 Å². The SMILES string of the molecule is CCCC(O)(C(=O)NC)C(O)(S)C(O)C(O)CO. The Kier molecular flexibility index (Phi) is 6.55. The van der Waals surface area contributed by atoms with Gasteiger partial charge in [-0.05, 0) is 6.42 Å². The van der Waals surface area contributed by atoms with E-state index in [1.165, 1.54) is 7.05 Å². The van der Waals surface area contributed by atoms with Gasteiger partial charge in [0.15, 0.2) is 10.5 Å². The minimum Gasteiger partial charge on any atom is -0.394 e. The van der Waals surface area contributed by atoms with Crippen molar-refractivity contribution in [3.63, 3.8) is 0 Å². The molecule has 6 N–H and O–H groups in total. The van der Waals surface area contributed by atoms with Gasteiger partial charge in [-0.1, -0.05) is 13.3 Å². The highest BCUT2D eigenvalue weighted by Crippen LogP contribution is 2.35. The summed E-state index contributed by atoms with van der Waals surface area (Å²) >= 11 is 3.71. The molecule has 1 amide bonds. The summed E-state index contributed by atoms with van der Waals surface area (Å²) in [5.74, 6) is -0.939. The van der Waals surface area contributed by atoms with Crippen molar-refractivity contribution in [3.05, 3.63) is 0 Å². The van der Waals surface area contributed by atoms with Crippen molar-refractivity contribution in [3.8, 4) is 0 Å². The van der Waals surface area contributed by atoms with Gasteiger partial charge >= 0.3 is 0 Å². The van der Waals surface area contributed by atoms with Gasteiger partial charge in [-0.2, -0.15) is 0 Å². The summed E-state index contributed by atoms with van der Waals surface area (Å²) in [5, 5.41) is 50.1. The average Bonchev–Trinajstić information content (AvgIpc) is 2.35. The van der Waals surface area contributed by atoms with Gasteiger partial charge in [0.05, 0.1) is 6.61 Å². The van der Waals surface area contributed by atoms with E-state index >= 15 is 0 Å². The number of amides is 1. The lowest BCUT2D eigenvalue weighted by Gasteiger charge is -2.42. The lowest BCUT2D eigenvalue weighted by molar-refractivity contribution is -0.189. The Hall–Kier alpha value is -0.380. The number of rotatable bonds is 7. The molecule has 0 saturated carbocycles. The topological polar surface area (TPSA) is 130 Å². The summed E-state index contributed by atoms with van der Waals surface area (Å²) in [5.41, 5.74) is -2.39. The Morgan fingerprint density at radius 2 is 1.89 bits per heavy atom. The van der Waals surface area contributed by atoms with Gasteiger partial charge in [0.25, 0.3) is 5.91 Å². The summed E-state index contributed by atoms with van der Waals surface area (Å²) in [7, 11) is 1.25. The highest BCUT2D eigenvalue weighted by atomic mass is 32.1. The molecule has 0 bridgehead atoms. The zero-order valence-corrected chi connectivity index (χ0v) is 11.3. The van der Waals surface area contributed by atoms with Crippen molar-refractivity contribution >= 4 is 18.5 Å². The first-order valence-corrected chi connectivity index (χ1v) is 6.00. The maximum atomic E-state index is 11.7. The van der Waals surface area contributed by atoms with Gasteiger partial charge in [0, 0.05) is 7.05 Å². The Morgan fingerprint density at radius 3 is 2.22 bits per heavy atom. The number of hydrogen-bond donors (Lipinski definition) is 7. The summed E-state index contributed by atoms with van der Waals surface area (Å²) in [6.45, 7) is 0.812. The van der Waals surface area contributed by atoms with E-state index in [0.29, 0.717) is 6.42 Å². The molecule has 0 aromatic rings. The molecule has 0 aliphatic rings. The van der Waals surface area contributed by atoms with Gasteiger partial charge in [-0.25, -0.2) is 0 Å². The van der Waals surface area contributed by atoms with Crippen LogP contribution in [0.2, 0.25) is 0 Å². The van der Waals surface area contributed by atoms with E-state index in [1.54, 1.807) is 6.92 Å². The number of carbonyl (C=O) groups is 1. The van der Waals surface area contributed by atoms with E-state index in [4.69, 9.17) is 5.11 Å². The van der Waals surface area contributed by atoms with E-state index in [0.717, 1.165) is 0 Å². The highest BCUT2D eigenvalue weighted by Gasteiger charge is 2.57. The van der Waals surface area contributed by atoms with Gasteiger partial charge in [-0.3, -0.25) is 4.79 Å². The van der Waals surface area contributed by atoms with Crippen LogP contribution in [-0.4, -0.2) is 67.8 Å². The second-order valence-corrected chi connectivity index (χ2v) is 4.79. The average molecular weight is 283 g/mol. The van der Waals surface area contributed by atoms with E-state index in [2.05, 4.69) is 17.9 Å². The Balaban J connectivity index is 5.39. The normalized spacial score (nSPS) is 21.6. The quantitative estimate of drug-likeness (QED) is 0.206. The predicted molar refractivity (Wildman–Crippen MR) is 67.0 cm³/mol. The number of hydrogen-bond acceptors (Lipinski definition) is 7. The number of likely N-dealkylation sites (N-methyl/N-ethyl adjacent to an activating group) is 1. The van der Waals surface area contributed by atoms with Gasteiger partial charge in [0.2, 0.25) is 0 Å². The maximum Gasteiger partial charge on any atom is 0.255 e. The molecule has 0 heterocycles. The molecule has 4 atom stereocenters. The second kappa shape index (κ2) is 6.69. The number of nitrogens with one attached hydrogen (secondary N) is 1. The molecule has 7 nitrogen and oxygen atoms in total. The fourth-order valence-corrected chi connectivity index (χ4v) is 2.03. The van der Waals surface area contributed by atoms with Crippen LogP contribution in [0.3, 0.4) is 0 Å². The van der Waals surface area contributed by atoms with Crippen molar-refractivity contribution < 1.29 is 30.3 Å². The molecule has 0 fully saturated rings. The Bertz CT molecular complexity index is 288. The molecular formula is C10H21NO6S. The highest BCUT2D eigenvalue weighted by molar-refractivity contribution is 7.81. The summed E-state index contributed by atoms with van der Waals surface area (Å²) in [6.07, 6.45) is -3.59. The molecule has 0 radical (unpaired) electrons. The molecule has 0 aliphatic heterocycles. The number of thiol groups is 1. The second-order valence-electron chi connectivity index (χ2n) is 4.11. The van der Waals surface area contributed by atoms with Crippen molar-refractivity contribution in [1.82, 2.24) is 5.32 Å². The molecule has 0 aliphatic carbocycles. The van der Waals surface area contributed by atoms with Crippen molar-refractivity contribution in [2.75, 3.05) is 13.7 Å². The first-order valence-electron chi connectivity index (χ1n) is 5.55. The zero-order chi connectivity index (χ0) is 14.6. The fraction of sp³-hybridized carbons (Fsp3) is 0.900. The maximum absolute atomic E-state index is 11.7. The third-order valence-corrected chi connectivity index (χ3v) is 3.42. The van der Waals surface area contributed by atoms with Crippen molar-refractivity contribution in [2.24, 2.45) is 0 Å². The molecule has 0 rings (SSSR count). The van der Waals surface area contributed by atoms with Crippen LogP contribution >= 0.6 is 12.6 Å². The molecule has 18 heavy (non-hydrogen) atoms. The van der Waals surface area contributed by atoms with Crippen molar-refractivity contribution in [2.45, 2.75) is 42.5 Å². The third kappa shape index (κ3) is 3.14. The first-order chi connectivity index (χ1) is 8.18. The lowest BCUT2D eigenvalue weighted by Crippen LogP contribution is -2.67. The smallest absolute Gasteiger partial charge is 0.255 e. The molecular weight excluding hydrogens is 262 g/mol. The molecule has 108 valence electrons. The number of aliphatic hydroxyl groups excluding tert-OH is 3. The van der Waals surface area contributed by atoms with E-state index in [9.17, 15) is 25.2 Å². The number of carbonyl (C=O) groups excluding carboxylic acids is 1. The van der Waals surface area contributed by atoms with Crippen LogP contribution < -0.4 is 5.32 Å². The van der Waals surface area contributed by atoms with Gasteiger partial charge < -0.3 is 30.8 Å². The molecule has 4 unspecified atom stereocenters. The Labute approximate surface area is 111 Å². The van der Waals surface area contributed by atoms with Crippen molar-refractivity contribution in [1.29, 1.82) is 0 Å². The fourth-order valence-electron chi connectivity index (χ4n) is 1.65. The minimum absolute atomic E-state index is 0.179. The van der Waals surface area contributed by atoms with Crippen LogP contribution in [0.25, 0.3) is 0 Å². The van der Waals surface area contributed by atoms with Crippen LogP contribution in [0.4, 0.5) is 0 Å². The molecule has 0 aromatic heterocycles. The van der Waals surface area contributed by atoms with Crippen LogP contribution in [0, 0.1) is 0 Å². The molecule has 0 aromatic carbocycles. The molecule has 0 spiro atoms. The number of aliphatic hydroxyl groups is 5. The summed E-state index contributed by atoms with van der Waals surface area (Å²) in [4.78, 5) is 9.05. The van der Waals surface area contributed by atoms with Crippen LogP contribution in [0.1, 0.15) is 19.8 Å². The minimum atomic E-state index is -2.61. The van der Waals surface area contributed by atoms with Gasteiger partial charge in [-0.15, -0.1) is 12.6 Å². The standard InChI is InChI=1S/C10H21NO6S/c1-3-4-9(16,8(15)11-2)10(17,18)7(14)6(13)5-12/h6-7,12-14,16-18H,3-5H2,1-2H3,(H,11,15). The molecule has 0 saturated heterocycles. The summed E-state index contributed by atoms with van der Waals surface area (Å²) in [6, 6.07) is 0. The van der Waals surface area contributed by atoms with E-state index in [1.807, 2.05) is 0 Å². The van der Waals surface area contributed by atoms with Crippen LogP contribution in [0.5, 0.6) is 0 Å². The third-order valence-electron chi connectivity index (χ3n) is 2.79. The van der Waals surface area contributed by atoms with Gasteiger partial charge in [0.1, 0.15) is 12.2 Å². The van der Waals surface area contributed by atoms with E-state index in [-0.39, 0.29) is 6.42 Å². The first kappa shape index (κ1) is 17.6. The molecule has 8 heteroatoms. The van der Waals surface area contributed by atoms with E-state index < -0.39 is 35.3 Å². The predicted octanol–water partition coefficient (Wildman–Crippen LogP) is -2.40. The monoisotopic (exact) mass is 283 g/mol. The Morgan fingerprint density at radius 1 is 1.39 bits per heavy atom. The van der Waals surface area contributed by atoms with Crippen LogP contribution in [-0.2, 0) is 4.79 Å². The largest absolute Gasteiger partial charge is 0.394 e. The lowest BCUT2D eigenvalue weighted by atomic mass is 9.84. The summed E-state index contributed by atoms with van der Waals surface area (Å²) < 4.78 is 0.